The van der Waals surface area contributed by atoms with Gasteiger partial charge in [0, 0.05) is 19.0 Å². The maximum Gasteiger partial charge on any atom is 0.573 e. The van der Waals surface area contributed by atoms with Crippen LogP contribution in [0.1, 0.15) is 24.6 Å². The van der Waals surface area contributed by atoms with E-state index in [0.717, 1.165) is 12.8 Å². The molecule has 0 unspecified atom stereocenters. The fraction of sp³-hybridized carbons (Fsp3) is 0.294. The third-order valence-electron chi connectivity index (χ3n) is 4.09. The van der Waals surface area contributed by atoms with E-state index in [9.17, 15) is 18.0 Å². The Bertz CT molecular complexity index is 1040. The summed E-state index contributed by atoms with van der Waals surface area (Å²) in [6.07, 6.45) is -1.42. The Labute approximate surface area is 151 Å². The molecule has 1 aliphatic rings. The lowest BCUT2D eigenvalue weighted by atomic mass is 10.3. The lowest BCUT2D eigenvalue weighted by Crippen LogP contribution is -2.17. The van der Waals surface area contributed by atoms with Gasteiger partial charge in [0.1, 0.15) is 11.4 Å². The van der Waals surface area contributed by atoms with Crippen molar-refractivity contribution in [2.75, 3.05) is 0 Å². The first-order chi connectivity index (χ1) is 12.8. The van der Waals surface area contributed by atoms with Crippen LogP contribution in [-0.2, 0) is 7.05 Å². The largest absolute Gasteiger partial charge is 0.573 e. The molecule has 10 heteroatoms. The highest BCUT2D eigenvalue weighted by atomic mass is 19.4. The minimum Gasteiger partial charge on any atom is -0.406 e. The first-order valence-corrected chi connectivity index (χ1v) is 8.16. The molecule has 2 heterocycles. The lowest BCUT2D eigenvalue weighted by molar-refractivity contribution is -0.274. The van der Waals surface area contributed by atoms with Crippen molar-refractivity contribution < 1.29 is 17.9 Å². The number of hydrogen-bond donors (Lipinski definition) is 0. The second-order valence-corrected chi connectivity index (χ2v) is 6.24. The van der Waals surface area contributed by atoms with E-state index < -0.39 is 6.36 Å². The van der Waals surface area contributed by atoms with Crippen molar-refractivity contribution in [1.29, 1.82) is 0 Å². The van der Waals surface area contributed by atoms with Crippen LogP contribution in [0.4, 0.5) is 13.2 Å². The van der Waals surface area contributed by atoms with Gasteiger partial charge in [0.2, 0.25) is 0 Å². The quantitative estimate of drug-likeness (QED) is 0.699. The fourth-order valence-corrected chi connectivity index (χ4v) is 2.56. The van der Waals surface area contributed by atoms with Gasteiger partial charge in [-0.3, -0.25) is 4.79 Å². The van der Waals surface area contributed by atoms with E-state index in [0.29, 0.717) is 23.0 Å². The molecule has 27 heavy (non-hydrogen) atoms. The Hall–Kier alpha value is -3.17. The lowest BCUT2D eigenvalue weighted by Gasteiger charge is -2.10. The zero-order chi connectivity index (χ0) is 19.2. The smallest absolute Gasteiger partial charge is 0.406 e. The van der Waals surface area contributed by atoms with Gasteiger partial charge in [0.25, 0.3) is 5.56 Å². The molecular weight excluding hydrogens is 363 g/mol. The van der Waals surface area contributed by atoms with Crippen molar-refractivity contribution in [2.24, 2.45) is 7.05 Å². The summed E-state index contributed by atoms with van der Waals surface area (Å²) in [5, 5.41) is 4.47. The van der Waals surface area contributed by atoms with Crippen LogP contribution in [0.3, 0.4) is 0 Å². The van der Waals surface area contributed by atoms with Crippen molar-refractivity contribution in [3.8, 4) is 23.0 Å². The first kappa shape index (κ1) is 17.3. The van der Waals surface area contributed by atoms with Crippen LogP contribution in [0, 0.1) is 0 Å². The maximum atomic E-state index is 12.3. The van der Waals surface area contributed by atoms with Crippen LogP contribution < -0.4 is 10.3 Å². The highest BCUT2D eigenvalue weighted by molar-refractivity contribution is 5.53. The summed E-state index contributed by atoms with van der Waals surface area (Å²) in [6.45, 7) is 0. The zero-order valence-electron chi connectivity index (χ0n) is 14.1. The minimum absolute atomic E-state index is 0.253. The number of rotatable bonds is 4. The highest BCUT2D eigenvalue weighted by Gasteiger charge is 2.32. The predicted molar refractivity (Wildman–Crippen MR) is 88.5 cm³/mol. The molecule has 1 fully saturated rings. The second-order valence-electron chi connectivity index (χ2n) is 6.24. The number of aromatic nitrogens is 5. The van der Waals surface area contributed by atoms with E-state index >= 15 is 0 Å². The van der Waals surface area contributed by atoms with Crippen LogP contribution in [0.15, 0.2) is 41.5 Å². The van der Waals surface area contributed by atoms with Crippen molar-refractivity contribution in [3.05, 3.63) is 52.8 Å². The number of hydrogen-bond acceptors (Lipinski definition) is 5. The molecule has 0 saturated heterocycles. The molecule has 0 radical (unpaired) electrons. The van der Waals surface area contributed by atoms with Crippen molar-refractivity contribution in [1.82, 2.24) is 24.3 Å². The first-order valence-electron chi connectivity index (χ1n) is 8.16. The Kier molecular flexibility index (Phi) is 3.97. The third-order valence-corrected chi connectivity index (χ3v) is 4.09. The van der Waals surface area contributed by atoms with E-state index in [4.69, 9.17) is 0 Å². The minimum atomic E-state index is -4.76. The molecule has 7 nitrogen and oxygen atoms in total. The Morgan fingerprint density at radius 2 is 1.89 bits per heavy atom. The third kappa shape index (κ3) is 3.69. The summed E-state index contributed by atoms with van der Waals surface area (Å²) in [7, 11) is 1.58. The molecule has 4 rings (SSSR count). The molecular formula is C17H14F3N5O2. The van der Waals surface area contributed by atoms with Crippen molar-refractivity contribution in [2.45, 2.75) is 25.1 Å². The van der Waals surface area contributed by atoms with Crippen LogP contribution in [0.2, 0.25) is 0 Å². The van der Waals surface area contributed by atoms with Gasteiger partial charge in [0.15, 0.2) is 11.6 Å². The second kappa shape index (κ2) is 6.22. The monoisotopic (exact) mass is 377 g/mol. The Morgan fingerprint density at radius 1 is 1.19 bits per heavy atom. The highest BCUT2D eigenvalue weighted by Crippen LogP contribution is 2.39. The van der Waals surface area contributed by atoms with Gasteiger partial charge in [-0.25, -0.2) is 14.6 Å². The Balaban J connectivity index is 1.75. The van der Waals surface area contributed by atoms with Gasteiger partial charge in [-0.1, -0.05) is 0 Å². The van der Waals surface area contributed by atoms with Gasteiger partial charge in [0.05, 0.1) is 12.0 Å². The van der Waals surface area contributed by atoms with Crippen LogP contribution >= 0.6 is 0 Å². The van der Waals surface area contributed by atoms with Gasteiger partial charge in [-0.2, -0.15) is 5.10 Å². The zero-order valence-corrected chi connectivity index (χ0v) is 14.1. The van der Waals surface area contributed by atoms with Crippen LogP contribution in [-0.4, -0.2) is 30.7 Å². The molecule has 1 aromatic carbocycles. The molecule has 0 bridgehead atoms. The molecule has 1 saturated carbocycles. The van der Waals surface area contributed by atoms with E-state index in [2.05, 4.69) is 19.8 Å². The maximum absolute atomic E-state index is 12.3. The molecule has 1 aliphatic carbocycles. The normalized spacial score (nSPS) is 14.4. The predicted octanol–water partition coefficient (Wildman–Crippen LogP) is 2.80. The van der Waals surface area contributed by atoms with Crippen LogP contribution in [0.25, 0.3) is 17.2 Å². The topological polar surface area (TPSA) is 74.8 Å². The molecule has 0 amide bonds. The van der Waals surface area contributed by atoms with Gasteiger partial charge in [-0.05, 0) is 37.1 Å². The molecule has 140 valence electrons. The van der Waals surface area contributed by atoms with Gasteiger partial charge < -0.3 is 9.30 Å². The SMILES string of the molecule is Cn1cnc(-c2nc(C3CC3)nn2-c2ccc(OC(F)(F)F)cc2)cc1=O. The van der Waals surface area contributed by atoms with E-state index in [1.165, 1.54) is 45.9 Å². The van der Waals surface area contributed by atoms with Gasteiger partial charge in [-0.15, -0.1) is 13.2 Å². The van der Waals surface area contributed by atoms with E-state index in [-0.39, 0.29) is 17.2 Å². The average molecular weight is 377 g/mol. The number of benzene rings is 1. The fourth-order valence-electron chi connectivity index (χ4n) is 2.56. The van der Waals surface area contributed by atoms with E-state index in [1.54, 1.807) is 7.05 Å². The van der Waals surface area contributed by atoms with Crippen molar-refractivity contribution in [3.63, 3.8) is 0 Å². The summed E-state index contributed by atoms with van der Waals surface area (Å²) in [5.41, 5.74) is 0.575. The molecule has 3 aromatic rings. The van der Waals surface area contributed by atoms with E-state index in [1.807, 2.05) is 0 Å². The molecule has 0 atom stereocenters. The summed E-state index contributed by atoms with van der Waals surface area (Å²) < 4.78 is 43.7. The summed E-state index contributed by atoms with van der Waals surface area (Å²) >= 11 is 0. The average Bonchev–Trinajstić information content (AvgIpc) is 3.36. The standard InChI is InChI=1S/C17H14F3N5O2/c1-24-9-21-13(8-14(24)26)16-22-15(10-2-3-10)23-25(16)11-4-6-12(7-5-11)27-17(18,19)20/h4-10H,2-3H2,1H3. The van der Waals surface area contributed by atoms with Crippen LogP contribution in [0.5, 0.6) is 5.75 Å². The molecule has 0 aliphatic heterocycles. The summed E-state index contributed by atoms with van der Waals surface area (Å²) in [5.74, 6) is 0.911. The molecule has 0 N–H and O–H groups in total. The number of aryl methyl sites for hydroxylation is 1. The molecule has 2 aromatic heterocycles. The Morgan fingerprint density at radius 3 is 2.48 bits per heavy atom. The summed E-state index contributed by atoms with van der Waals surface area (Å²) in [6, 6.07) is 6.62. The number of halogens is 3. The number of alkyl halides is 3. The molecule has 0 spiro atoms. The van der Waals surface area contributed by atoms with Gasteiger partial charge >= 0.3 is 6.36 Å². The number of ether oxygens (including phenoxy) is 1. The van der Waals surface area contributed by atoms with Crippen molar-refractivity contribution >= 4 is 0 Å². The number of nitrogens with zero attached hydrogens (tertiary/aromatic N) is 5. The summed E-state index contributed by atoms with van der Waals surface area (Å²) in [4.78, 5) is 20.7.